The van der Waals surface area contributed by atoms with E-state index in [1.165, 1.54) is 5.56 Å². The van der Waals surface area contributed by atoms with Crippen molar-refractivity contribution in [3.05, 3.63) is 42.0 Å². The molecule has 0 aliphatic heterocycles. The van der Waals surface area contributed by atoms with Crippen LogP contribution in [0.5, 0.6) is 0 Å². The van der Waals surface area contributed by atoms with E-state index in [1.54, 1.807) is 6.92 Å². The number of benzene rings is 1. The van der Waals surface area contributed by atoms with Crippen molar-refractivity contribution in [3.63, 3.8) is 0 Å². The van der Waals surface area contributed by atoms with Gasteiger partial charge < -0.3 is 10.1 Å². The monoisotopic (exact) mass is 315 g/mol. The Kier molecular flexibility index (Phi) is 5.97. The van der Waals surface area contributed by atoms with Crippen LogP contribution in [0.2, 0.25) is 0 Å². The second-order valence-corrected chi connectivity index (χ2v) is 6.33. The van der Waals surface area contributed by atoms with Crippen LogP contribution in [0.1, 0.15) is 51.5 Å². The maximum Gasteiger partial charge on any atom is 0.310 e. The largest absolute Gasteiger partial charge is 0.452 e. The van der Waals surface area contributed by atoms with E-state index < -0.39 is 6.10 Å². The van der Waals surface area contributed by atoms with Crippen molar-refractivity contribution in [1.29, 1.82) is 0 Å². The number of nitrogens with one attached hydrogen (secondary N) is 1. The van der Waals surface area contributed by atoms with Gasteiger partial charge in [0.15, 0.2) is 6.10 Å². The summed E-state index contributed by atoms with van der Waals surface area (Å²) in [5.41, 5.74) is 1.93. The number of carbonyl (C=O) groups is 2. The molecule has 0 heterocycles. The molecule has 4 nitrogen and oxygen atoms in total. The molecule has 124 valence electrons. The van der Waals surface area contributed by atoms with Gasteiger partial charge in [-0.15, -0.1) is 0 Å². The van der Waals surface area contributed by atoms with E-state index in [0.717, 1.165) is 12.8 Å². The number of anilines is 1. The average Bonchev–Trinajstić information content (AvgIpc) is 2.56. The van der Waals surface area contributed by atoms with Gasteiger partial charge in [-0.25, -0.2) is 0 Å². The Balaban J connectivity index is 1.86. The normalized spacial score (nSPS) is 18.5. The highest BCUT2D eigenvalue weighted by Gasteiger charge is 2.25. The van der Waals surface area contributed by atoms with E-state index in [2.05, 4.69) is 25.2 Å². The van der Waals surface area contributed by atoms with Gasteiger partial charge in [0.25, 0.3) is 5.91 Å². The van der Waals surface area contributed by atoms with Crippen molar-refractivity contribution in [3.8, 4) is 0 Å². The lowest BCUT2D eigenvalue weighted by Crippen LogP contribution is -2.32. The Morgan fingerprint density at radius 2 is 1.83 bits per heavy atom. The number of ether oxygens (including phenoxy) is 1. The fourth-order valence-electron chi connectivity index (χ4n) is 2.53. The van der Waals surface area contributed by atoms with E-state index >= 15 is 0 Å². The van der Waals surface area contributed by atoms with Gasteiger partial charge in [-0.05, 0) is 49.8 Å². The second-order valence-electron chi connectivity index (χ2n) is 6.33. The minimum Gasteiger partial charge on any atom is -0.452 e. The molecular weight excluding hydrogens is 290 g/mol. The molecule has 0 saturated carbocycles. The maximum atomic E-state index is 12.1. The average molecular weight is 315 g/mol. The fourth-order valence-corrected chi connectivity index (χ4v) is 2.53. The molecule has 0 radical (unpaired) electrons. The number of allylic oxidation sites excluding steroid dienone is 2. The molecule has 1 aliphatic carbocycles. The van der Waals surface area contributed by atoms with Gasteiger partial charge in [0.2, 0.25) is 0 Å². The first-order valence-corrected chi connectivity index (χ1v) is 8.23. The van der Waals surface area contributed by atoms with Crippen LogP contribution in [0.25, 0.3) is 0 Å². The summed E-state index contributed by atoms with van der Waals surface area (Å²) in [5, 5.41) is 2.79. The first-order chi connectivity index (χ1) is 11.0. The van der Waals surface area contributed by atoms with Crippen LogP contribution in [0.3, 0.4) is 0 Å². The zero-order valence-corrected chi connectivity index (χ0v) is 14.0. The smallest absolute Gasteiger partial charge is 0.310 e. The highest BCUT2D eigenvalue weighted by molar-refractivity contribution is 5.95. The van der Waals surface area contributed by atoms with E-state index in [4.69, 9.17) is 4.74 Å². The van der Waals surface area contributed by atoms with Crippen molar-refractivity contribution in [1.82, 2.24) is 0 Å². The Morgan fingerprint density at radius 3 is 2.39 bits per heavy atom. The van der Waals surface area contributed by atoms with Gasteiger partial charge in [-0.3, -0.25) is 9.59 Å². The van der Waals surface area contributed by atoms with Gasteiger partial charge in [0.1, 0.15) is 0 Å². The first kappa shape index (κ1) is 17.3. The van der Waals surface area contributed by atoms with Crippen LogP contribution < -0.4 is 5.32 Å². The van der Waals surface area contributed by atoms with Crippen LogP contribution in [-0.4, -0.2) is 18.0 Å². The van der Waals surface area contributed by atoms with Crippen molar-refractivity contribution < 1.29 is 14.3 Å². The predicted octanol–water partition coefficient (Wildman–Crippen LogP) is 4.04. The summed E-state index contributed by atoms with van der Waals surface area (Å²) >= 11 is 0. The lowest BCUT2D eigenvalue weighted by atomic mass is 9.95. The predicted molar refractivity (Wildman–Crippen MR) is 91.2 cm³/mol. The molecule has 2 rings (SSSR count). The number of esters is 1. The third-order valence-corrected chi connectivity index (χ3v) is 4.11. The molecule has 0 unspecified atom stereocenters. The number of rotatable bonds is 5. The molecule has 4 heteroatoms. The SMILES string of the molecule is CC(C)c1ccc(NC(=O)[C@@H](C)OC(=O)[C@H]2CC=CCC2)cc1. The molecule has 1 amide bonds. The fraction of sp³-hybridized carbons (Fsp3) is 0.474. The maximum absolute atomic E-state index is 12.1. The molecule has 0 spiro atoms. The summed E-state index contributed by atoms with van der Waals surface area (Å²) in [6, 6.07) is 7.72. The molecule has 1 aromatic rings. The Bertz CT molecular complexity index is 575. The van der Waals surface area contributed by atoms with Gasteiger partial charge in [0, 0.05) is 5.69 Å². The summed E-state index contributed by atoms with van der Waals surface area (Å²) in [5.74, 6) is -0.265. The summed E-state index contributed by atoms with van der Waals surface area (Å²) in [7, 11) is 0. The van der Waals surface area contributed by atoms with Gasteiger partial charge in [-0.1, -0.05) is 38.1 Å². The first-order valence-electron chi connectivity index (χ1n) is 8.23. The molecule has 2 atom stereocenters. The molecule has 23 heavy (non-hydrogen) atoms. The van der Waals surface area contributed by atoms with Crippen molar-refractivity contribution in [2.75, 3.05) is 5.32 Å². The number of hydrogen-bond donors (Lipinski definition) is 1. The Hall–Kier alpha value is -2.10. The summed E-state index contributed by atoms with van der Waals surface area (Å²) in [4.78, 5) is 24.2. The van der Waals surface area contributed by atoms with Crippen molar-refractivity contribution >= 4 is 17.6 Å². The number of hydrogen-bond acceptors (Lipinski definition) is 3. The number of carbonyl (C=O) groups excluding carboxylic acids is 2. The zero-order valence-electron chi connectivity index (χ0n) is 14.0. The standard InChI is InChI=1S/C19H25NO3/c1-13(2)15-9-11-17(12-10-15)20-18(21)14(3)23-19(22)16-7-5-4-6-8-16/h4-5,9-14,16H,6-8H2,1-3H3,(H,20,21)/t14-,16+/m1/s1. The molecule has 0 aromatic heterocycles. The molecule has 0 bridgehead atoms. The minimum absolute atomic E-state index is 0.124. The van der Waals surface area contributed by atoms with Crippen LogP contribution >= 0.6 is 0 Å². The van der Waals surface area contributed by atoms with Crippen LogP contribution in [0.4, 0.5) is 5.69 Å². The van der Waals surface area contributed by atoms with Crippen LogP contribution in [0.15, 0.2) is 36.4 Å². The third kappa shape index (κ3) is 4.95. The summed E-state index contributed by atoms with van der Waals surface area (Å²) in [6.45, 7) is 5.85. The highest BCUT2D eigenvalue weighted by Crippen LogP contribution is 2.21. The van der Waals surface area contributed by atoms with Gasteiger partial charge in [-0.2, -0.15) is 0 Å². The van der Waals surface area contributed by atoms with E-state index in [-0.39, 0.29) is 17.8 Å². The Morgan fingerprint density at radius 1 is 1.13 bits per heavy atom. The highest BCUT2D eigenvalue weighted by atomic mass is 16.5. The van der Waals surface area contributed by atoms with Crippen molar-refractivity contribution in [2.24, 2.45) is 5.92 Å². The van der Waals surface area contributed by atoms with Crippen LogP contribution in [-0.2, 0) is 14.3 Å². The second kappa shape index (κ2) is 7.95. The van der Waals surface area contributed by atoms with E-state index in [9.17, 15) is 9.59 Å². The molecular formula is C19H25NO3. The molecule has 1 aliphatic rings. The quantitative estimate of drug-likeness (QED) is 0.659. The van der Waals surface area contributed by atoms with Gasteiger partial charge >= 0.3 is 5.97 Å². The van der Waals surface area contributed by atoms with Crippen LogP contribution in [0, 0.1) is 5.92 Å². The zero-order chi connectivity index (χ0) is 16.8. The lowest BCUT2D eigenvalue weighted by molar-refractivity contribution is -0.157. The minimum atomic E-state index is -0.793. The Labute approximate surface area is 137 Å². The molecule has 0 saturated heterocycles. The molecule has 0 fully saturated rings. The lowest BCUT2D eigenvalue weighted by Gasteiger charge is -2.19. The van der Waals surface area contributed by atoms with Crippen molar-refractivity contribution in [2.45, 2.75) is 52.1 Å². The van der Waals surface area contributed by atoms with E-state index in [1.807, 2.05) is 30.3 Å². The summed E-state index contributed by atoms with van der Waals surface area (Å²) in [6.07, 6.45) is 5.65. The van der Waals surface area contributed by atoms with E-state index in [0.29, 0.717) is 18.0 Å². The van der Waals surface area contributed by atoms with Gasteiger partial charge in [0.05, 0.1) is 5.92 Å². The third-order valence-electron chi connectivity index (χ3n) is 4.11. The number of amides is 1. The summed E-state index contributed by atoms with van der Waals surface area (Å²) < 4.78 is 5.30. The topological polar surface area (TPSA) is 55.4 Å². The molecule has 1 aromatic carbocycles. The molecule has 1 N–H and O–H groups in total.